The number of hydrogen-bond donors (Lipinski definition) is 0. The van der Waals surface area contributed by atoms with Gasteiger partial charge >= 0.3 is 5.97 Å². The van der Waals surface area contributed by atoms with Crippen LogP contribution in [0.4, 0.5) is 0 Å². The first-order valence-corrected chi connectivity index (χ1v) is 7.33. The Balaban J connectivity index is 1.77. The Morgan fingerprint density at radius 2 is 1.78 bits per heavy atom. The number of rotatable bonds is 4. The van der Waals surface area contributed by atoms with Gasteiger partial charge in [-0.1, -0.05) is 12.8 Å². The van der Waals surface area contributed by atoms with Crippen molar-refractivity contribution >= 4 is 11.8 Å². The Morgan fingerprint density at radius 3 is 2.28 bits per heavy atom. The van der Waals surface area contributed by atoms with Gasteiger partial charge in [0.25, 0.3) is 0 Å². The fraction of sp³-hybridized carbons (Fsp3) is 0.867. The van der Waals surface area contributed by atoms with Crippen molar-refractivity contribution in [3.63, 3.8) is 0 Å². The van der Waals surface area contributed by atoms with E-state index in [-0.39, 0.29) is 17.7 Å². The van der Waals surface area contributed by atoms with E-state index in [1.807, 2.05) is 6.92 Å². The number of ketones is 1. The highest BCUT2D eigenvalue weighted by molar-refractivity contribution is 6.07. The van der Waals surface area contributed by atoms with Gasteiger partial charge in [-0.3, -0.25) is 9.59 Å². The maximum atomic E-state index is 12.5. The third-order valence-electron chi connectivity index (χ3n) is 5.10. The summed E-state index contributed by atoms with van der Waals surface area (Å²) >= 11 is 0. The van der Waals surface area contributed by atoms with Crippen LogP contribution in [0.3, 0.4) is 0 Å². The molecule has 18 heavy (non-hydrogen) atoms. The summed E-state index contributed by atoms with van der Waals surface area (Å²) in [6.07, 6.45) is 8.42. The highest BCUT2D eigenvalue weighted by Gasteiger charge is 2.65. The molecule has 0 aromatic rings. The van der Waals surface area contributed by atoms with Gasteiger partial charge in [0.1, 0.15) is 5.41 Å². The summed E-state index contributed by atoms with van der Waals surface area (Å²) in [5, 5.41) is 0. The zero-order chi connectivity index (χ0) is 12.8. The quantitative estimate of drug-likeness (QED) is 0.569. The number of Topliss-reactive ketones (excluding diaryl/α,β-unsaturated/α-hetero) is 1. The van der Waals surface area contributed by atoms with Gasteiger partial charge in [0, 0.05) is 5.92 Å². The highest BCUT2D eigenvalue weighted by Crippen LogP contribution is 2.64. The van der Waals surface area contributed by atoms with Crippen molar-refractivity contribution < 1.29 is 14.3 Å². The molecule has 3 aliphatic rings. The molecule has 3 heteroatoms. The molecule has 3 rings (SSSR count). The van der Waals surface area contributed by atoms with E-state index in [2.05, 4.69) is 0 Å². The molecule has 0 aromatic carbocycles. The van der Waals surface area contributed by atoms with E-state index >= 15 is 0 Å². The average Bonchev–Trinajstić information content (AvgIpc) is 3.04. The predicted molar refractivity (Wildman–Crippen MR) is 66.9 cm³/mol. The van der Waals surface area contributed by atoms with E-state index < -0.39 is 5.41 Å². The van der Waals surface area contributed by atoms with Crippen molar-refractivity contribution in [2.45, 2.75) is 58.3 Å². The summed E-state index contributed by atoms with van der Waals surface area (Å²) in [6, 6.07) is 0. The van der Waals surface area contributed by atoms with Crippen LogP contribution in [0.2, 0.25) is 0 Å². The molecule has 3 saturated carbocycles. The molecule has 0 N–H and O–H groups in total. The predicted octanol–water partition coefficient (Wildman–Crippen LogP) is 2.87. The third kappa shape index (κ3) is 1.70. The zero-order valence-electron chi connectivity index (χ0n) is 11.2. The second-order valence-electron chi connectivity index (χ2n) is 6.50. The van der Waals surface area contributed by atoms with Crippen LogP contribution in [-0.2, 0) is 14.3 Å². The fourth-order valence-corrected chi connectivity index (χ4v) is 4.13. The van der Waals surface area contributed by atoms with Gasteiger partial charge in [0.2, 0.25) is 0 Å². The molecule has 0 amide bonds. The van der Waals surface area contributed by atoms with Gasteiger partial charge in [-0.2, -0.15) is 0 Å². The summed E-state index contributed by atoms with van der Waals surface area (Å²) in [4.78, 5) is 24.7. The normalized spacial score (nSPS) is 27.8. The lowest BCUT2D eigenvalue weighted by Crippen LogP contribution is -2.56. The fourth-order valence-electron chi connectivity index (χ4n) is 4.13. The van der Waals surface area contributed by atoms with E-state index in [1.54, 1.807) is 0 Å². The third-order valence-corrected chi connectivity index (χ3v) is 5.10. The smallest absolute Gasteiger partial charge is 0.319 e. The first-order chi connectivity index (χ1) is 8.62. The maximum Gasteiger partial charge on any atom is 0.319 e. The van der Waals surface area contributed by atoms with Gasteiger partial charge in [-0.25, -0.2) is 0 Å². The molecule has 0 aliphatic heterocycles. The van der Waals surface area contributed by atoms with Crippen LogP contribution in [0.15, 0.2) is 0 Å². The molecule has 0 saturated heterocycles. The minimum atomic E-state index is -0.748. The van der Waals surface area contributed by atoms with E-state index in [0.29, 0.717) is 12.0 Å². The van der Waals surface area contributed by atoms with Crippen LogP contribution >= 0.6 is 0 Å². The molecule has 3 nitrogen and oxygen atoms in total. The lowest BCUT2D eigenvalue weighted by atomic mass is 9.50. The van der Waals surface area contributed by atoms with Crippen molar-refractivity contribution in [3.05, 3.63) is 0 Å². The Hall–Kier alpha value is -0.860. The van der Waals surface area contributed by atoms with Crippen LogP contribution in [0, 0.1) is 16.7 Å². The molecule has 0 heterocycles. The van der Waals surface area contributed by atoms with Gasteiger partial charge < -0.3 is 4.74 Å². The van der Waals surface area contributed by atoms with Gasteiger partial charge in [-0.15, -0.1) is 0 Å². The van der Waals surface area contributed by atoms with Crippen molar-refractivity contribution in [3.8, 4) is 0 Å². The summed E-state index contributed by atoms with van der Waals surface area (Å²) in [5.41, 5.74) is -0.446. The maximum absolute atomic E-state index is 12.5. The Bertz CT molecular complexity index is 367. The van der Waals surface area contributed by atoms with Crippen molar-refractivity contribution in [1.82, 2.24) is 0 Å². The first kappa shape index (κ1) is 12.2. The van der Waals surface area contributed by atoms with E-state index in [0.717, 1.165) is 25.7 Å². The second-order valence-corrected chi connectivity index (χ2v) is 6.50. The molecule has 0 bridgehead atoms. The lowest BCUT2D eigenvalue weighted by molar-refractivity contribution is -0.178. The summed E-state index contributed by atoms with van der Waals surface area (Å²) in [5.74, 6) is 0.117. The molecule has 0 radical (unpaired) electrons. The number of ether oxygens (including phenoxy) is 1. The average molecular weight is 250 g/mol. The molecular formula is C15H22O3. The van der Waals surface area contributed by atoms with Crippen LogP contribution in [0.25, 0.3) is 0 Å². The zero-order valence-corrected chi connectivity index (χ0v) is 11.2. The highest BCUT2D eigenvalue weighted by atomic mass is 16.5. The standard InChI is InChI=1S/C15H22O3/c1-2-18-13(17)15(12(16)11-5-6-11)9-14(10-15)7-3-4-8-14/h11H,2-10H2,1H3. The van der Waals surface area contributed by atoms with Crippen LogP contribution < -0.4 is 0 Å². The lowest BCUT2D eigenvalue weighted by Gasteiger charge is -2.52. The molecule has 1 spiro atoms. The van der Waals surface area contributed by atoms with Crippen LogP contribution in [0.5, 0.6) is 0 Å². The first-order valence-electron chi connectivity index (χ1n) is 7.33. The van der Waals surface area contributed by atoms with Crippen LogP contribution in [-0.4, -0.2) is 18.4 Å². The Morgan fingerprint density at radius 1 is 1.17 bits per heavy atom. The number of carbonyl (C=O) groups excluding carboxylic acids is 2. The minimum Gasteiger partial charge on any atom is -0.465 e. The summed E-state index contributed by atoms with van der Waals surface area (Å²) < 4.78 is 5.19. The molecule has 0 unspecified atom stereocenters. The summed E-state index contributed by atoms with van der Waals surface area (Å²) in [7, 11) is 0. The Labute approximate surface area is 108 Å². The topological polar surface area (TPSA) is 43.4 Å². The SMILES string of the molecule is CCOC(=O)C1(C(=O)C2CC2)CC2(CCCC2)C1. The number of hydrogen-bond acceptors (Lipinski definition) is 3. The Kier molecular flexibility index (Phi) is 2.76. The molecule has 3 aliphatic carbocycles. The van der Waals surface area contributed by atoms with Crippen molar-refractivity contribution in [2.75, 3.05) is 6.61 Å². The monoisotopic (exact) mass is 250 g/mol. The van der Waals surface area contributed by atoms with Gasteiger partial charge in [0.15, 0.2) is 5.78 Å². The van der Waals surface area contributed by atoms with Crippen molar-refractivity contribution in [1.29, 1.82) is 0 Å². The number of esters is 1. The molecule has 0 aromatic heterocycles. The van der Waals surface area contributed by atoms with Crippen molar-refractivity contribution in [2.24, 2.45) is 16.7 Å². The van der Waals surface area contributed by atoms with E-state index in [9.17, 15) is 9.59 Å². The van der Waals surface area contributed by atoms with Crippen LogP contribution in [0.1, 0.15) is 58.3 Å². The minimum absolute atomic E-state index is 0.160. The van der Waals surface area contributed by atoms with E-state index in [4.69, 9.17) is 4.74 Å². The second kappa shape index (κ2) is 4.07. The summed E-state index contributed by atoms with van der Waals surface area (Å²) in [6.45, 7) is 2.20. The largest absolute Gasteiger partial charge is 0.465 e. The van der Waals surface area contributed by atoms with E-state index in [1.165, 1.54) is 25.7 Å². The molecule has 3 fully saturated rings. The number of carbonyl (C=O) groups is 2. The van der Waals surface area contributed by atoms with Gasteiger partial charge in [0.05, 0.1) is 6.61 Å². The van der Waals surface area contributed by atoms with Gasteiger partial charge in [-0.05, 0) is 50.9 Å². The molecule has 0 atom stereocenters. The molecule has 100 valence electrons. The molecular weight excluding hydrogens is 228 g/mol.